The van der Waals surface area contributed by atoms with E-state index >= 15 is 0 Å². The molecule has 0 fully saturated rings. The summed E-state index contributed by atoms with van der Waals surface area (Å²) < 4.78 is 10.7. The number of amides is 1. The lowest BCUT2D eigenvalue weighted by molar-refractivity contribution is 0.102. The summed E-state index contributed by atoms with van der Waals surface area (Å²) in [7, 11) is 3.11. The highest BCUT2D eigenvalue weighted by molar-refractivity contribution is 7.16. The topological polar surface area (TPSA) is 59.9 Å². The lowest BCUT2D eigenvalue weighted by atomic mass is 9.95. The normalized spacial score (nSPS) is 13.1. The third-order valence-electron chi connectivity index (χ3n) is 5.20. The molecule has 1 amide bonds. The molecule has 5 nitrogen and oxygen atoms in total. The van der Waals surface area contributed by atoms with Crippen molar-refractivity contribution in [1.29, 1.82) is 0 Å². The van der Waals surface area contributed by atoms with Crippen LogP contribution in [0.3, 0.4) is 0 Å². The van der Waals surface area contributed by atoms with Crippen molar-refractivity contribution in [2.75, 3.05) is 19.5 Å². The smallest absolute Gasteiger partial charge is 0.259 e. The van der Waals surface area contributed by atoms with Crippen LogP contribution >= 0.6 is 22.9 Å². The second-order valence-electron chi connectivity index (χ2n) is 7.21. The lowest BCUT2D eigenvalue weighted by Gasteiger charge is -2.12. The first-order chi connectivity index (χ1) is 15.1. The van der Waals surface area contributed by atoms with Crippen LogP contribution in [0.2, 0.25) is 5.02 Å². The first-order valence-electron chi connectivity index (χ1n) is 10.1. The van der Waals surface area contributed by atoms with Crippen LogP contribution in [0.1, 0.15) is 39.2 Å². The maximum absolute atomic E-state index is 13.2. The first-order valence-corrected chi connectivity index (χ1v) is 11.3. The van der Waals surface area contributed by atoms with Gasteiger partial charge in [0.15, 0.2) is 11.5 Å². The van der Waals surface area contributed by atoms with E-state index in [0.717, 1.165) is 42.5 Å². The Hall–Kier alpha value is -2.83. The van der Waals surface area contributed by atoms with Crippen molar-refractivity contribution in [2.45, 2.75) is 25.7 Å². The number of anilines is 1. The van der Waals surface area contributed by atoms with E-state index in [9.17, 15) is 4.79 Å². The summed E-state index contributed by atoms with van der Waals surface area (Å²) in [5.41, 5.74) is 3.34. The Morgan fingerprint density at radius 3 is 2.65 bits per heavy atom. The molecular weight excluding hydrogens is 432 g/mol. The molecule has 0 aliphatic heterocycles. The summed E-state index contributed by atoms with van der Waals surface area (Å²) in [6, 6.07) is 13.1. The average molecular weight is 455 g/mol. The van der Waals surface area contributed by atoms with E-state index in [2.05, 4.69) is 5.32 Å². The monoisotopic (exact) mass is 454 g/mol. The molecule has 0 unspecified atom stereocenters. The maximum atomic E-state index is 13.2. The van der Waals surface area contributed by atoms with Crippen LogP contribution in [0.25, 0.3) is 0 Å². The highest BCUT2D eigenvalue weighted by Crippen LogP contribution is 2.41. The second-order valence-corrected chi connectivity index (χ2v) is 8.70. The fraction of sp³-hybridized carbons (Fsp3) is 0.250. The molecule has 1 aliphatic carbocycles. The Bertz CT molecular complexity index is 1130. The SMILES string of the molecule is COc1cc(C=Nc2sc3c(c2C(=O)Nc2ccccc2)CCCC3)cc(Cl)c1OC. The molecule has 4 rings (SSSR count). The van der Waals surface area contributed by atoms with E-state index in [0.29, 0.717) is 27.1 Å². The lowest BCUT2D eigenvalue weighted by Crippen LogP contribution is -2.14. The number of aryl methyl sites for hydroxylation is 1. The summed E-state index contributed by atoms with van der Waals surface area (Å²) in [6.07, 6.45) is 5.83. The number of thiophene rings is 1. The molecular formula is C24H23ClN2O3S. The molecule has 0 saturated carbocycles. The second kappa shape index (κ2) is 9.54. The molecule has 160 valence electrons. The highest BCUT2D eigenvalue weighted by Gasteiger charge is 2.25. The number of aliphatic imine (C=N–C) groups is 1. The van der Waals surface area contributed by atoms with Gasteiger partial charge in [-0.25, -0.2) is 4.99 Å². The number of nitrogens with one attached hydrogen (secondary N) is 1. The predicted molar refractivity (Wildman–Crippen MR) is 127 cm³/mol. The minimum atomic E-state index is -0.122. The van der Waals surface area contributed by atoms with Gasteiger partial charge in [0.25, 0.3) is 5.91 Å². The van der Waals surface area contributed by atoms with Gasteiger partial charge in [0, 0.05) is 16.8 Å². The van der Waals surface area contributed by atoms with Crippen LogP contribution in [-0.4, -0.2) is 26.3 Å². The van der Waals surface area contributed by atoms with Gasteiger partial charge in [0.2, 0.25) is 0 Å². The van der Waals surface area contributed by atoms with Crippen molar-refractivity contribution < 1.29 is 14.3 Å². The van der Waals surface area contributed by atoms with E-state index in [1.807, 2.05) is 36.4 Å². The zero-order valence-electron chi connectivity index (χ0n) is 17.4. The number of methoxy groups -OCH3 is 2. The van der Waals surface area contributed by atoms with Crippen LogP contribution < -0.4 is 14.8 Å². The Balaban J connectivity index is 1.69. The van der Waals surface area contributed by atoms with Crippen LogP contribution in [0.15, 0.2) is 47.5 Å². The van der Waals surface area contributed by atoms with Crippen LogP contribution in [0.5, 0.6) is 11.5 Å². The van der Waals surface area contributed by atoms with Crippen LogP contribution in [0, 0.1) is 0 Å². The Morgan fingerprint density at radius 2 is 1.90 bits per heavy atom. The van der Waals surface area contributed by atoms with Crippen molar-refractivity contribution in [3.05, 3.63) is 69.1 Å². The van der Waals surface area contributed by atoms with Crippen molar-refractivity contribution >= 4 is 45.7 Å². The van der Waals surface area contributed by atoms with Gasteiger partial charge >= 0.3 is 0 Å². The fourth-order valence-corrected chi connectivity index (χ4v) is 5.26. The highest BCUT2D eigenvalue weighted by atomic mass is 35.5. The zero-order chi connectivity index (χ0) is 21.8. The molecule has 0 bridgehead atoms. The Kier molecular flexibility index (Phi) is 6.59. The largest absolute Gasteiger partial charge is 0.493 e. The number of rotatable bonds is 6. The van der Waals surface area contributed by atoms with Gasteiger partial charge in [-0.2, -0.15) is 0 Å². The van der Waals surface area contributed by atoms with Gasteiger partial charge in [0.1, 0.15) is 5.00 Å². The minimum Gasteiger partial charge on any atom is -0.493 e. The fourth-order valence-electron chi connectivity index (χ4n) is 3.74. The van der Waals surface area contributed by atoms with Crippen molar-refractivity contribution in [3.8, 4) is 11.5 Å². The van der Waals surface area contributed by atoms with E-state index in [-0.39, 0.29) is 5.91 Å². The van der Waals surface area contributed by atoms with Gasteiger partial charge < -0.3 is 14.8 Å². The number of hydrogen-bond acceptors (Lipinski definition) is 5. The van der Waals surface area contributed by atoms with Gasteiger partial charge in [-0.3, -0.25) is 4.79 Å². The van der Waals surface area contributed by atoms with Gasteiger partial charge in [-0.1, -0.05) is 29.8 Å². The van der Waals surface area contributed by atoms with Gasteiger partial charge in [-0.15, -0.1) is 11.3 Å². The van der Waals surface area contributed by atoms with Crippen LogP contribution in [-0.2, 0) is 12.8 Å². The van der Waals surface area contributed by atoms with Gasteiger partial charge in [-0.05, 0) is 61.1 Å². The molecule has 3 aromatic rings. The summed E-state index contributed by atoms with van der Waals surface area (Å²) in [4.78, 5) is 19.1. The molecule has 0 spiro atoms. The number of carbonyl (C=O) groups is 1. The summed E-state index contributed by atoms with van der Waals surface area (Å²) in [5.74, 6) is 0.892. The van der Waals surface area contributed by atoms with Gasteiger partial charge in [0.05, 0.1) is 24.8 Å². The number of hydrogen-bond donors (Lipinski definition) is 1. The molecule has 1 aliphatic rings. The number of benzene rings is 2. The Morgan fingerprint density at radius 1 is 1.13 bits per heavy atom. The molecule has 31 heavy (non-hydrogen) atoms. The zero-order valence-corrected chi connectivity index (χ0v) is 19.0. The number of ether oxygens (including phenoxy) is 2. The molecule has 7 heteroatoms. The molecule has 1 heterocycles. The number of carbonyl (C=O) groups excluding carboxylic acids is 1. The predicted octanol–water partition coefficient (Wildman–Crippen LogP) is 6.30. The average Bonchev–Trinajstić information content (AvgIpc) is 3.16. The van der Waals surface area contributed by atoms with E-state index in [4.69, 9.17) is 26.1 Å². The summed E-state index contributed by atoms with van der Waals surface area (Å²) >= 11 is 7.92. The first kappa shape index (κ1) is 21.4. The molecule has 2 aromatic carbocycles. The third-order valence-corrected chi connectivity index (χ3v) is 6.68. The van der Waals surface area contributed by atoms with E-state index in [1.54, 1.807) is 37.8 Å². The third kappa shape index (κ3) is 4.60. The number of para-hydroxylation sites is 1. The summed E-state index contributed by atoms with van der Waals surface area (Å²) in [5, 5.41) is 4.17. The minimum absolute atomic E-state index is 0.122. The Labute approximate surface area is 190 Å². The number of halogens is 1. The number of fused-ring (bicyclic) bond motifs is 1. The molecule has 1 N–H and O–H groups in total. The number of nitrogens with zero attached hydrogens (tertiary/aromatic N) is 1. The quantitative estimate of drug-likeness (QED) is 0.444. The molecule has 0 radical (unpaired) electrons. The van der Waals surface area contributed by atoms with Crippen LogP contribution in [0.4, 0.5) is 10.7 Å². The van der Waals surface area contributed by atoms with Crippen molar-refractivity contribution in [3.63, 3.8) is 0 Å². The molecule has 1 aromatic heterocycles. The van der Waals surface area contributed by atoms with Crippen molar-refractivity contribution in [2.24, 2.45) is 4.99 Å². The summed E-state index contributed by atoms with van der Waals surface area (Å²) in [6.45, 7) is 0. The molecule has 0 atom stereocenters. The molecule has 0 saturated heterocycles. The van der Waals surface area contributed by atoms with E-state index < -0.39 is 0 Å². The van der Waals surface area contributed by atoms with Crippen molar-refractivity contribution in [1.82, 2.24) is 0 Å². The van der Waals surface area contributed by atoms with E-state index in [1.165, 1.54) is 4.88 Å². The maximum Gasteiger partial charge on any atom is 0.259 e. The standard InChI is InChI=1S/C24H23ClN2O3S/c1-29-19-13-15(12-18(25)22(19)30-2)14-26-24-21(17-10-6-7-11-20(17)31-24)23(28)27-16-8-4-3-5-9-16/h3-5,8-9,12-14H,6-7,10-11H2,1-2H3,(H,27,28).